The Bertz CT molecular complexity index is 759. The molecular formula is C18H15F2NO3. The van der Waals surface area contributed by atoms with Crippen LogP contribution < -0.4 is 0 Å². The largest absolute Gasteiger partial charge is 0.463 e. The number of methoxy groups -OCH3 is 1. The number of esters is 1. The Hall–Kier alpha value is -2.60. The molecule has 1 aliphatic rings. The van der Waals surface area contributed by atoms with E-state index in [0.717, 1.165) is 24.8 Å². The van der Waals surface area contributed by atoms with E-state index in [0.29, 0.717) is 6.54 Å². The molecule has 0 aliphatic carbocycles. The van der Waals surface area contributed by atoms with Gasteiger partial charge in [0.05, 0.1) is 13.2 Å². The lowest BCUT2D eigenvalue weighted by atomic mass is 10.1. The maximum atomic E-state index is 14.1. The second kappa shape index (κ2) is 6.49. The second-order valence-corrected chi connectivity index (χ2v) is 5.54. The summed E-state index contributed by atoms with van der Waals surface area (Å²) in [5.41, 5.74) is 0.676. The summed E-state index contributed by atoms with van der Waals surface area (Å²) in [4.78, 5) is 25.3. The van der Waals surface area contributed by atoms with Gasteiger partial charge < -0.3 is 4.74 Å². The molecule has 4 nitrogen and oxygen atoms in total. The number of hydrogen-bond acceptors (Lipinski definition) is 4. The number of ketones is 1. The monoisotopic (exact) mass is 331 g/mol. The summed E-state index contributed by atoms with van der Waals surface area (Å²) in [5, 5.41) is 0. The zero-order chi connectivity index (χ0) is 17.3. The van der Waals surface area contributed by atoms with Gasteiger partial charge >= 0.3 is 5.97 Å². The number of nitrogens with zero attached hydrogens (tertiary/aromatic N) is 1. The molecule has 24 heavy (non-hydrogen) atoms. The smallest absolute Gasteiger partial charge is 0.376 e. The molecule has 1 saturated heterocycles. The fourth-order valence-corrected chi connectivity index (χ4v) is 2.90. The Morgan fingerprint density at radius 3 is 2.25 bits per heavy atom. The van der Waals surface area contributed by atoms with Gasteiger partial charge in [0.15, 0.2) is 0 Å². The highest BCUT2D eigenvalue weighted by Crippen LogP contribution is 2.46. The number of carbonyl (C=O) groups excluding carboxylic acids is 2. The minimum atomic E-state index is -1.02. The van der Waals surface area contributed by atoms with Crippen LogP contribution >= 0.6 is 0 Å². The highest BCUT2D eigenvalue weighted by molar-refractivity contribution is 6.36. The van der Waals surface area contributed by atoms with Gasteiger partial charge in [-0.15, -0.1) is 0 Å². The number of ether oxygens (including phenoxy) is 1. The molecule has 0 N–H and O–H groups in total. The van der Waals surface area contributed by atoms with E-state index < -0.39 is 35.5 Å². The highest BCUT2D eigenvalue weighted by atomic mass is 19.1. The molecule has 0 aromatic heterocycles. The van der Waals surface area contributed by atoms with Crippen molar-refractivity contribution in [3.05, 3.63) is 71.3 Å². The lowest BCUT2D eigenvalue weighted by Crippen LogP contribution is -2.24. The van der Waals surface area contributed by atoms with Crippen molar-refractivity contribution >= 4 is 11.8 Å². The SMILES string of the molecule is COC(=O)C(=O)[C@@H]1[C@@H](c2c(F)cccc2F)N1Cc1ccccc1. The zero-order valence-corrected chi connectivity index (χ0v) is 12.9. The van der Waals surface area contributed by atoms with Crippen molar-refractivity contribution in [1.29, 1.82) is 0 Å². The molecule has 1 heterocycles. The Morgan fingerprint density at radius 1 is 1.04 bits per heavy atom. The lowest BCUT2D eigenvalue weighted by molar-refractivity contribution is -0.151. The van der Waals surface area contributed by atoms with E-state index in [-0.39, 0.29) is 5.56 Å². The van der Waals surface area contributed by atoms with Crippen LogP contribution in [-0.2, 0) is 20.9 Å². The maximum Gasteiger partial charge on any atom is 0.376 e. The van der Waals surface area contributed by atoms with E-state index in [2.05, 4.69) is 4.74 Å². The molecule has 1 fully saturated rings. The van der Waals surface area contributed by atoms with E-state index >= 15 is 0 Å². The van der Waals surface area contributed by atoms with Crippen LogP contribution in [0.2, 0.25) is 0 Å². The van der Waals surface area contributed by atoms with Gasteiger partial charge in [0.2, 0.25) is 0 Å². The van der Waals surface area contributed by atoms with Crippen LogP contribution in [0.1, 0.15) is 17.2 Å². The van der Waals surface area contributed by atoms with Crippen molar-refractivity contribution in [2.75, 3.05) is 7.11 Å². The molecule has 6 heteroatoms. The third-order valence-corrected chi connectivity index (χ3v) is 4.08. The van der Waals surface area contributed by atoms with Gasteiger partial charge in [0.1, 0.15) is 17.7 Å². The van der Waals surface area contributed by atoms with Gasteiger partial charge in [-0.3, -0.25) is 9.69 Å². The van der Waals surface area contributed by atoms with Gasteiger partial charge in [-0.25, -0.2) is 13.6 Å². The Kier molecular flexibility index (Phi) is 4.40. The average molecular weight is 331 g/mol. The zero-order valence-electron chi connectivity index (χ0n) is 12.9. The topological polar surface area (TPSA) is 46.4 Å². The number of rotatable bonds is 5. The third kappa shape index (κ3) is 2.92. The Balaban J connectivity index is 1.92. The van der Waals surface area contributed by atoms with Crippen molar-refractivity contribution in [2.24, 2.45) is 0 Å². The molecule has 3 rings (SSSR count). The molecule has 0 amide bonds. The molecule has 1 unspecified atom stereocenters. The molecule has 1 aliphatic heterocycles. The third-order valence-electron chi connectivity index (χ3n) is 4.08. The predicted octanol–water partition coefficient (Wildman–Crippen LogP) is 2.63. The van der Waals surface area contributed by atoms with Crippen LogP contribution in [0.3, 0.4) is 0 Å². The molecule has 0 radical (unpaired) electrons. The van der Waals surface area contributed by atoms with Crippen LogP contribution in [0.4, 0.5) is 8.78 Å². The highest BCUT2D eigenvalue weighted by Gasteiger charge is 2.56. The van der Waals surface area contributed by atoms with Crippen LogP contribution in [0.5, 0.6) is 0 Å². The van der Waals surface area contributed by atoms with E-state index in [1.54, 1.807) is 4.90 Å². The molecule has 0 saturated carbocycles. The van der Waals surface area contributed by atoms with Crippen molar-refractivity contribution < 1.29 is 23.1 Å². The second-order valence-electron chi connectivity index (χ2n) is 5.54. The first-order chi connectivity index (χ1) is 11.5. The molecular weight excluding hydrogens is 316 g/mol. The minimum Gasteiger partial charge on any atom is -0.463 e. The van der Waals surface area contributed by atoms with Crippen molar-refractivity contribution in [2.45, 2.75) is 18.6 Å². The van der Waals surface area contributed by atoms with Crippen molar-refractivity contribution in [3.63, 3.8) is 0 Å². The predicted molar refractivity (Wildman–Crippen MR) is 81.9 cm³/mol. The van der Waals surface area contributed by atoms with Crippen LogP contribution in [-0.4, -0.2) is 29.8 Å². The van der Waals surface area contributed by atoms with E-state index in [9.17, 15) is 18.4 Å². The summed E-state index contributed by atoms with van der Waals surface area (Å²) in [6.07, 6.45) is 0. The maximum absolute atomic E-state index is 14.1. The summed E-state index contributed by atoms with van der Waals surface area (Å²) >= 11 is 0. The molecule has 0 bridgehead atoms. The van der Waals surface area contributed by atoms with Crippen molar-refractivity contribution in [1.82, 2.24) is 4.90 Å². The van der Waals surface area contributed by atoms with Gasteiger partial charge in [0, 0.05) is 12.1 Å². The number of hydrogen-bond donors (Lipinski definition) is 0. The minimum absolute atomic E-state index is 0.198. The van der Waals surface area contributed by atoms with Gasteiger partial charge in [-0.1, -0.05) is 36.4 Å². The fourth-order valence-electron chi connectivity index (χ4n) is 2.90. The first-order valence-electron chi connectivity index (χ1n) is 7.40. The van der Waals surface area contributed by atoms with Gasteiger partial charge in [-0.05, 0) is 17.7 Å². The summed E-state index contributed by atoms with van der Waals surface area (Å²) < 4.78 is 32.6. The first-order valence-corrected chi connectivity index (χ1v) is 7.40. The number of halogens is 2. The number of carbonyl (C=O) groups is 2. The normalized spacial score (nSPS) is 22.0. The van der Waals surface area contributed by atoms with Crippen LogP contribution in [0.15, 0.2) is 48.5 Å². The standard InChI is InChI=1S/C18H15F2NO3/c1-24-18(23)17(22)16-15(14-12(19)8-5-9-13(14)20)21(16)10-11-6-3-2-4-7-11/h2-9,15-16H,10H2,1H3/t15-,16+,21?/m1/s1. The number of benzene rings is 2. The molecule has 2 aromatic rings. The summed E-state index contributed by atoms with van der Waals surface area (Å²) in [6, 6.07) is 11.0. The lowest BCUT2D eigenvalue weighted by Gasteiger charge is -2.06. The van der Waals surface area contributed by atoms with Gasteiger partial charge in [0.25, 0.3) is 5.78 Å². The average Bonchev–Trinajstić information content (AvgIpc) is 3.27. The molecule has 0 spiro atoms. The molecule has 2 aromatic carbocycles. The summed E-state index contributed by atoms with van der Waals surface area (Å²) in [6.45, 7) is 0.298. The van der Waals surface area contributed by atoms with E-state index in [1.165, 1.54) is 6.07 Å². The number of Topliss-reactive ketones (excluding diaryl/α,β-unsaturated/α-hetero) is 1. The quantitative estimate of drug-likeness (QED) is 0.480. The summed E-state index contributed by atoms with van der Waals surface area (Å²) in [5.74, 6) is -3.30. The summed E-state index contributed by atoms with van der Waals surface area (Å²) in [7, 11) is 1.10. The van der Waals surface area contributed by atoms with Gasteiger partial charge in [-0.2, -0.15) is 0 Å². The fraction of sp³-hybridized carbons (Fsp3) is 0.222. The van der Waals surface area contributed by atoms with Crippen LogP contribution in [0, 0.1) is 11.6 Å². The van der Waals surface area contributed by atoms with E-state index in [4.69, 9.17) is 0 Å². The Morgan fingerprint density at radius 2 is 1.67 bits per heavy atom. The molecule has 124 valence electrons. The van der Waals surface area contributed by atoms with Crippen LogP contribution in [0.25, 0.3) is 0 Å². The Labute approximate surface area is 137 Å². The first kappa shape index (κ1) is 16.3. The van der Waals surface area contributed by atoms with E-state index in [1.807, 2.05) is 30.3 Å². The van der Waals surface area contributed by atoms with Crippen molar-refractivity contribution in [3.8, 4) is 0 Å². The molecule has 3 atom stereocenters.